The number of piperazine rings is 1. The van der Waals surface area contributed by atoms with Crippen molar-refractivity contribution in [2.75, 3.05) is 39.3 Å². The second-order valence-corrected chi connectivity index (χ2v) is 8.34. The van der Waals surface area contributed by atoms with Crippen molar-refractivity contribution in [3.05, 3.63) is 77.9 Å². The molecule has 1 aromatic rings. The lowest BCUT2D eigenvalue weighted by molar-refractivity contribution is -0.133. The van der Waals surface area contributed by atoms with Crippen LogP contribution in [0.3, 0.4) is 0 Å². The number of hydrogen-bond acceptors (Lipinski definition) is 5. The van der Waals surface area contributed by atoms with Crippen molar-refractivity contribution in [3.8, 4) is 5.75 Å². The third kappa shape index (κ3) is 6.96. The Kier molecular flexibility index (Phi) is 8.19. The molecule has 33 heavy (non-hydrogen) atoms. The van der Waals surface area contributed by atoms with Gasteiger partial charge in [0.1, 0.15) is 36.5 Å². The Labute approximate surface area is 194 Å². The molecule has 0 spiro atoms. The lowest BCUT2D eigenvalue weighted by atomic mass is 10.0. The van der Waals surface area contributed by atoms with Gasteiger partial charge in [-0.3, -0.25) is 9.69 Å². The number of carbonyl (C=O) groups excluding carboxylic acids is 1. The Morgan fingerprint density at radius 1 is 1.09 bits per heavy atom. The average Bonchev–Trinajstić information content (AvgIpc) is 2.86. The monoisotopic (exact) mass is 454 g/mol. The maximum atomic E-state index is 12.9. The highest BCUT2D eigenvalue weighted by Crippen LogP contribution is 2.27. The van der Waals surface area contributed by atoms with Crippen LogP contribution in [0.1, 0.15) is 32.1 Å². The molecule has 2 heterocycles. The van der Waals surface area contributed by atoms with E-state index < -0.39 is 0 Å². The molecule has 0 atom stereocenters. The molecule has 0 radical (unpaired) electrons. The molecule has 1 amide bonds. The van der Waals surface area contributed by atoms with E-state index in [1.54, 1.807) is 24.7 Å². The van der Waals surface area contributed by atoms with Crippen LogP contribution in [0.2, 0.25) is 0 Å². The quantitative estimate of drug-likeness (QED) is 0.549. The van der Waals surface area contributed by atoms with E-state index in [0.717, 1.165) is 69.1 Å². The smallest absolute Gasteiger partial charge is 0.222 e. The van der Waals surface area contributed by atoms with Gasteiger partial charge in [-0.2, -0.15) is 0 Å². The fourth-order valence-electron chi connectivity index (χ4n) is 4.04. The predicted octanol–water partition coefficient (Wildman–Crippen LogP) is 4.53. The van der Waals surface area contributed by atoms with Crippen LogP contribution in [0.15, 0.2) is 72.1 Å². The molecular formula is C26H31FN2O4. The number of ether oxygens (including phenoxy) is 3. The van der Waals surface area contributed by atoms with Crippen molar-refractivity contribution in [1.29, 1.82) is 0 Å². The Morgan fingerprint density at radius 2 is 1.91 bits per heavy atom. The zero-order valence-corrected chi connectivity index (χ0v) is 18.9. The van der Waals surface area contributed by atoms with Crippen molar-refractivity contribution < 1.29 is 23.4 Å². The van der Waals surface area contributed by atoms with Crippen LogP contribution in [0.25, 0.3) is 0 Å². The average molecular weight is 455 g/mol. The van der Waals surface area contributed by atoms with Crippen LogP contribution in [-0.2, 0) is 14.3 Å². The molecule has 6 nitrogen and oxygen atoms in total. The molecule has 1 fully saturated rings. The summed E-state index contributed by atoms with van der Waals surface area (Å²) in [4.78, 5) is 16.8. The summed E-state index contributed by atoms with van der Waals surface area (Å²) in [6.07, 6.45) is 13.4. The third-order valence-electron chi connectivity index (χ3n) is 5.97. The first kappa shape index (κ1) is 23.1. The Bertz CT molecular complexity index is 928. The fraction of sp³-hybridized carbons (Fsp3) is 0.423. The largest absolute Gasteiger partial charge is 0.492 e. The first-order valence-corrected chi connectivity index (χ1v) is 11.6. The number of nitrogens with zero attached hydrogens (tertiary/aromatic N) is 2. The minimum Gasteiger partial charge on any atom is -0.492 e. The van der Waals surface area contributed by atoms with Crippen molar-refractivity contribution in [2.45, 2.75) is 32.1 Å². The number of rotatable bonds is 9. The van der Waals surface area contributed by atoms with Crippen molar-refractivity contribution in [3.63, 3.8) is 0 Å². The summed E-state index contributed by atoms with van der Waals surface area (Å²) in [5.74, 6) is 2.12. The molecule has 3 aliphatic rings. The summed E-state index contributed by atoms with van der Waals surface area (Å²) in [6, 6.07) is 6.05. The van der Waals surface area contributed by atoms with Gasteiger partial charge in [0.15, 0.2) is 5.76 Å². The fourth-order valence-corrected chi connectivity index (χ4v) is 4.04. The Hall–Kier alpha value is -3.06. The van der Waals surface area contributed by atoms with Crippen molar-refractivity contribution in [1.82, 2.24) is 9.80 Å². The van der Waals surface area contributed by atoms with Crippen LogP contribution in [0.5, 0.6) is 5.75 Å². The third-order valence-corrected chi connectivity index (χ3v) is 5.97. The number of allylic oxidation sites excluding steroid dienone is 5. The number of amides is 1. The van der Waals surface area contributed by atoms with Crippen LogP contribution in [0, 0.1) is 5.82 Å². The summed E-state index contributed by atoms with van der Waals surface area (Å²) in [6.45, 7) is 4.45. The summed E-state index contributed by atoms with van der Waals surface area (Å²) in [7, 11) is 0. The van der Waals surface area contributed by atoms with Crippen LogP contribution < -0.4 is 4.74 Å². The van der Waals surface area contributed by atoms with Gasteiger partial charge < -0.3 is 19.1 Å². The van der Waals surface area contributed by atoms with Gasteiger partial charge in [0.05, 0.1) is 0 Å². The molecule has 1 aromatic carbocycles. The Morgan fingerprint density at radius 3 is 2.67 bits per heavy atom. The van der Waals surface area contributed by atoms with E-state index in [-0.39, 0.29) is 11.7 Å². The highest BCUT2D eigenvalue weighted by molar-refractivity contribution is 5.76. The standard InChI is InChI=1S/C26H31FN2O4/c27-22-9-11-23(12-10-22)32-18-17-28-13-15-29(16-14-28)26(30)8-4-7-24-19-31-20-25(33-24)21-5-2-1-3-6-21/h1-2,5,9-12,19-20H,3-4,6-8,13-18H2. The van der Waals surface area contributed by atoms with Gasteiger partial charge in [-0.1, -0.05) is 18.2 Å². The van der Waals surface area contributed by atoms with E-state index >= 15 is 0 Å². The van der Waals surface area contributed by atoms with Crippen LogP contribution in [0.4, 0.5) is 4.39 Å². The van der Waals surface area contributed by atoms with Gasteiger partial charge >= 0.3 is 0 Å². The summed E-state index contributed by atoms with van der Waals surface area (Å²) >= 11 is 0. The summed E-state index contributed by atoms with van der Waals surface area (Å²) in [5.41, 5.74) is 1.14. The summed E-state index contributed by atoms with van der Waals surface area (Å²) in [5, 5.41) is 0. The normalized spacial score (nSPS) is 18.6. The molecule has 4 rings (SSSR count). The highest BCUT2D eigenvalue weighted by atomic mass is 19.1. The van der Waals surface area contributed by atoms with Gasteiger partial charge in [-0.15, -0.1) is 0 Å². The molecule has 0 aromatic heterocycles. The first-order valence-electron chi connectivity index (χ1n) is 11.6. The molecular weight excluding hydrogens is 423 g/mol. The number of hydrogen-bond donors (Lipinski definition) is 0. The molecule has 0 saturated carbocycles. The Balaban J connectivity index is 1.10. The zero-order valence-electron chi connectivity index (χ0n) is 18.9. The number of benzene rings is 1. The highest BCUT2D eigenvalue weighted by Gasteiger charge is 2.21. The number of carbonyl (C=O) groups is 1. The first-order chi connectivity index (χ1) is 16.2. The molecule has 0 N–H and O–H groups in total. The molecule has 1 saturated heterocycles. The second kappa shape index (κ2) is 11.7. The van der Waals surface area contributed by atoms with Crippen molar-refractivity contribution >= 4 is 5.91 Å². The zero-order chi connectivity index (χ0) is 22.9. The molecule has 1 aliphatic carbocycles. The van der Waals surface area contributed by atoms with Crippen molar-refractivity contribution in [2.24, 2.45) is 0 Å². The second-order valence-electron chi connectivity index (χ2n) is 8.34. The SMILES string of the molecule is O=C(CCCC1=COC=C(C2=CC=CCC2)O1)N1CCN(CCOc2ccc(F)cc2)CC1. The van der Waals surface area contributed by atoms with Crippen LogP contribution >= 0.6 is 0 Å². The van der Waals surface area contributed by atoms with E-state index in [4.69, 9.17) is 14.2 Å². The molecule has 0 bridgehead atoms. The predicted molar refractivity (Wildman–Crippen MR) is 124 cm³/mol. The molecule has 0 unspecified atom stereocenters. The maximum Gasteiger partial charge on any atom is 0.222 e. The molecule has 2 aliphatic heterocycles. The lowest BCUT2D eigenvalue weighted by Crippen LogP contribution is -2.49. The van der Waals surface area contributed by atoms with Gasteiger partial charge in [0, 0.05) is 45.6 Å². The number of halogens is 1. The van der Waals surface area contributed by atoms with Gasteiger partial charge in [-0.05, 0) is 49.1 Å². The molecule has 7 heteroatoms. The lowest BCUT2D eigenvalue weighted by Gasteiger charge is -2.34. The van der Waals surface area contributed by atoms with E-state index in [0.29, 0.717) is 25.2 Å². The van der Waals surface area contributed by atoms with Gasteiger partial charge in [0.2, 0.25) is 5.91 Å². The van der Waals surface area contributed by atoms with E-state index in [1.807, 2.05) is 11.0 Å². The topological polar surface area (TPSA) is 51.2 Å². The van der Waals surface area contributed by atoms with Gasteiger partial charge in [-0.25, -0.2) is 4.39 Å². The minimum absolute atomic E-state index is 0.186. The molecule has 176 valence electrons. The van der Waals surface area contributed by atoms with E-state index in [2.05, 4.69) is 17.1 Å². The minimum atomic E-state index is -0.268. The van der Waals surface area contributed by atoms with Crippen LogP contribution in [-0.4, -0.2) is 55.0 Å². The summed E-state index contributed by atoms with van der Waals surface area (Å²) < 4.78 is 30.0. The van der Waals surface area contributed by atoms with E-state index in [1.165, 1.54) is 12.1 Å². The van der Waals surface area contributed by atoms with Gasteiger partial charge in [0.25, 0.3) is 0 Å². The van der Waals surface area contributed by atoms with E-state index in [9.17, 15) is 9.18 Å². The maximum absolute atomic E-state index is 12.9.